The Morgan fingerprint density at radius 1 is 1.46 bits per heavy atom. The van der Waals surface area contributed by atoms with Gasteiger partial charge in [-0.1, -0.05) is 23.6 Å². The number of benzene rings is 1. The number of halogens is 2. The maximum absolute atomic E-state index is 11.4. The Hall–Kier alpha value is -2.29. The molecule has 24 heavy (non-hydrogen) atoms. The number of nitrogens with zero attached hydrogens (tertiary/aromatic N) is 1. The van der Waals surface area contributed by atoms with Crippen LogP contribution in [0.3, 0.4) is 0 Å². The molecule has 0 saturated carbocycles. The molecular weight excluding hydrogens is 394 g/mol. The number of ether oxygens (including phenoxy) is 2. The van der Waals surface area contributed by atoms with Crippen LogP contribution in [0.1, 0.15) is 11.1 Å². The summed E-state index contributed by atoms with van der Waals surface area (Å²) in [4.78, 5) is 15.4. The van der Waals surface area contributed by atoms with Crippen molar-refractivity contribution in [2.24, 2.45) is 0 Å². The van der Waals surface area contributed by atoms with Gasteiger partial charge in [-0.2, -0.15) is 0 Å². The van der Waals surface area contributed by atoms with E-state index in [1.807, 2.05) is 12.1 Å². The fourth-order valence-electron chi connectivity index (χ4n) is 1.78. The van der Waals surface area contributed by atoms with E-state index in [9.17, 15) is 4.79 Å². The minimum absolute atomic E-state index is 0.0608. The number of terminal acetylenes is 1. The second-order valence-electron chi connectivity index (χ2n) is 4.61. The van der Waals surface area contributed by atoms with Gasteiger partial charge in [0, 0.05) is 24.0 Å². The predicted octanol–water partition coefficient (Wildman–Crippen LogP) is 4.27. The van der Waals surface area contributed by atoms with Crippen molar-refractivity contribution in [2.75, 3.05) is 6.61 Å². The van der Waals surface area contributed by atoms with E-state index in [2.05, 4.69) is 26.8 Å². The molecule has 0 atom stereocenters. The quantitative estimate of drug-likeness (QED) is 0.408. The van der Waals surface area contributed by atoms with Crippen molar-refractivity contribution >= 4 is 39.6 Å². The molecule has 4 nitrogen and oxygen atoms in total. The minimum atomic E-state index is -0.517. The van der Waals surface area contributed by atoms with Crippen LogP contribution in [-0.4, -0.2) is 17.6 Å². The Bertz CT molecular complexity index is 762. The monoisotopic (exact) mass is 405 g/mol. The van der Waals surface area contributed by atoms with Crippen LogP contribution in [0.2, 0.25) is 5.02 Å². The number of aromatic nitrogens is 1. The average molecular weight is 407 g/mol. The first-order valence-electron chi connectivity index (χ1n) is 6.89. The molecule has 0 unspecified atom stereocenters. The lowest BCUT2D eigenvalue weighted by atomic mass is 10.2. The summed E-state index contributed by atoms with van der Waals surface area (Å²) in [5, 5.41) is 0.421. The zero-order chi connectivity index (χ0) is 17.4. The lowest BCUT2D eigenvalue weighted by Gasteiger charge is -2.11. The van der Waals surface area contributed by atoms with Crippen LogP contribution in [0.25, 0.3) is 6.08 Å². The third-order valence-corrected chi connectivity index (χ3v) is 3.71. The molecule has 0 saturated heterocycles. The SMILES string of the molecule is C#CCOC(=O)/C=C/c1cc(Cl)c(OCc2cccnc2)c(Br)c1. The molecule has 2 aromatic rings. The van der Waals surface area contributed by atoms with Crippen molar-refractivity contribution in [2.45, 2.75) is 6.61 Å². The van der Waals surface area contributed by atoms with E-state index in [1.165, 1.54) is 6.08 Å². The van der Waals surface area contributed by atoms with Gasteiger partial charge in [-0.25, -0.2) is 4.79 Å². The van der Waals surface area contributed by atoms with Crippen molar-refractivity contribution < 1.29 is 14.3 Å². The molecule has 0 fully saturated rings. The first-order valence-corrected chi connectivity index (χ1v) is 8.06. The average Bonchev–Trinajstić information content (AvgIpc) is 2.58. The van der Waals surface area contributed by atoms with Crippen LogP contribution in [0.5, 0.6) is 5.75 Å². The second-order valence-corrected chi connectivity index (χ2v) is 5.87. The molecule has 0 radical (unpaired) electrons. The van der Waals surface area contributed by atoms with Gasteiger partial charge in [-0.15, -0.1) is 6.42 Å². The number of rotatable bonds is 6. The van der Waals surface area contributed by atoms with E-state index in [0.717, 1.165) is 11.1 Å². The maximum Gasteiger partial charge on any atom is 0.331 e. The summed E-state index contributed by atoms with van der Waals surface area (Å²) < 4.78 is 11.2. The molecule has 0 bridgehead atoms. The summed E-state index contributed by atoms with van der Waals surface area (Å²) in [5.41, 5.74) is 1.65. The molecule has 6 heteroatoms. The highest BCUT2D eigenvalue weighted by Gasteiger charge is 2.09. The number of carbonyl (C=O) groups is 1. The highest BCUT2D eigenvalue weighted by atomic mass is 79.9. The maximum atomic E-state index is 11.4. The predicted molar refractivity (Wildman–Crippen MR) is 96.5 cm³/mol. The lowest BCUT2D eigenvalue weighted by molar-refractivity contribution is -0.136. The molecular formula is C18H13BrClNO3. The summed E-state index contributed by atoms with van der Waals surface area (Å²) in [6, 6.07) is 7.22. The molecule has 0 N–H and O–H groups in total. The fourth-order valence-corrected chi connectivity index (χ4v) is 2.77. The Kier molecular flexibility index (Phi) is 6.86. The van der Waals surface area contributed by atoms with E-state index < -0.39 is 5.97 Å². The fraction of sp³-hybridized carbons (Fsp3) is 0.111. The van der Waals surface area contributed by atoms with Crippen LogP contribution >= 0.6 is 27.5 Å². The number of carbonyl (C=O) groups excluding carboxylic acids is 1. The summed E-state index contributed by atoms with van der Waals surface area (Å²) in [6.45, 7) is 0.286. The third-order valence-electron chi connectivity index (χ3n) is 2.84. The van der Waals surface area contributed by atoms with Gasteiger partial charge in [0.15, 0.2) is 12.4 Å². The van der Waals surface area contributed by atoms with E-state index in [1.54, 1.807) is 30.6 Å². The van der Waals surface area contributed by atoms with E-state index in [-0.39, 0.29) is 6.61 Å². The van der Waals surface area contributed by atoms with Gasteiger partial charge in [-0.05, 0) is 45.8 Å². The molecule has 1 heterocycles. The smallest absolute Gasteiger partial charge is 0.331 e. The summed E-state index contributed by atoms with van der Waals surface area (Å²) in [5.74, 6) is 2.23. The molecule has 1 aromatic heterocycles. The van der Waals surface area contributed by atoms with Crippen LogP contribution in [0.4, 0.5) is 0 Å². The number of pyridine rings is 1. The Morgan fingerprint density at radius 3 is 2.96 bits per heavy atom. The first kappa shape index (κ1) is 18.1. The standard InChI is InChI=1S/C18H13BrClNO3/c1-2-8-23-17(22)6-5-13-9-15(19)18(16(20)10-13)24-12-14-4-3-7-21-11-14/h1,3-7,9-11H,8,12H2/b6-5+. The Labute approximate surface area is 153 Å². The number of hydrogen-bond donors (Lipinski definition) is 0. The Balaban J connectivity index is 2.06. The summed E-state index contributed by atoms with van der Waals surface area (Å²) >= 11 is 9.67. The van der Waals surface area contributed by atoms with Crippen molar-refractivity contribution in [1.29, 1.82) is 0 Å². The highest BCUT2D eigenvalue weighted by Crippen LogP contribution is 2.35. The third kappa shape index (κ3) is 5.41. The van der Waals surface area contributed by atoms with Gasteiger partial charge >= 0.3 is 5.97 Å². The van der Waals surface area contributed by atoms with Gasteiger partial charge in [0.1, 0.15) is 6.61 Å². The van der Waals surface area contributed by atoms with Gasteiger partial charge in [0.05, 0.1) is 9.50 Å². The van der Waals surface area contributed by atoms with E-state index in [4.69, 9.17) is 27.5 Å². The molecule has 0 amide bonds. The van der Waals surface area contributed by atoms with Gasteiger partial charge in [-0.3, -0.25) is 4.98 Å². The molecule has 2 rings (SSSR count). The first-order chi connectivity index (χ1) is 11.6. The number of esters is 1. The largest absolute Gasteiger partial charge is 0.486 e. The molecule has 122 valence electrons. The summed E-state index contributed by atoms with van der Waals surface area (Å²) in [7, 11) is 0. The van der Waals surface area contributed by atoms with Gasteiger partial charge in [0.25, 0.3) is 0 Å². The van der Waals surface area contributed by atoms with Gasteiger partial charge < -0.3 is 9.47 Å². The Morgan fingerprint density at radius 2 is 2.29 bits per heavy atom. The molecule has 0 aliphatic carbocycles. The minimum Gasteiger partial charge on any atom is -0.486 e. The lowest BCUT2D eigenvalue weighted by Crippen LogP contribution is -2.00. The zero-order valence-electron chi connectivity index (χ0n) is 12.5. The summed E-state index contributed by atoms with van der Waals surface area (Å²) in [6.07, 6.45) is 11.3. The van der Waals surface area contributed by atoms with Crippen LogP contribution in [0, 0.1) is 12.3 Å². The molecule has 1 aromatic carbocycles. The highest BCUT2D eigenvalue weighted by molar-refractivity contribution is 9.10. The second kappa shape index (κ2) is 9.11. The van der Waals surface area contributed by atoms with Crippen LogP contribution in [0.15, 0.2) is 47.2 Å². The van der Waals surface area contributed by atoms with E-state index >= 15 is 0 Å². The molecule has 0 aliphatic rings. The van der Waals surface area contributed by atoms with Crippen LogP contribution in [-0.2, 0) is 16.1 Å². The van der Waals surface area contributed by atoms with Crippen LogP contribution < -0.4 is 4.74 Å². The zero-order valence-corrected chi connectivity index (χ0v) is 14.9. The van der Waals surface area contributed by atoms with Crippen molar-refractivity contribution in [1.82, 2.24) is 4.98 Å². The molecule has 0 spiro atoms. The van der Waals surface area contributed by atoms with E-state index in [0.29, 0.717) is 21.9 Å². The van der Waals surface area contributed by atoms with Gasteiger partial charge in [0.2, 0.25) is 0 Å². The normalized spacial score (nSPS) is 10.4. The molecule has 0 aliphatic heterocycles. The van der Waals surface area contributed by atoms with Crippen molar-refractivity contribution in [3.63, 3.8) is 0 Å². The van der Waals surface area contributed by atoms with Crippen molar-refractivity contribution in [3.8, 4) is 18.1 Å². The number of hydrogen-bond acceptors (Lipinski definition) is 4. The topological polar surface area (TPSA) is 48.4 Å². The van der Waals surface area contributed by atoms with Crippen molar-refractivity contribution in [3.05, 3.63) is 63.4 Å².